The summed E-state index contributed by atoms with van der Waals surface area (Å²) in [5, 5.41) is 3.16. The number of imidazole rings is 1. The van der Waals surface area contributed by atoms with Gasteiger partial charge in [-0.1, -0.05) is 0 Å². The molecule has 94 valence electrons. The fourth-order valence-corrected chi connectivity index (χ4v) is 1.64. The van der Waals surface area contributed by atoms with E-state index >= 15 is 0 Å². The SMILES string of the molecule is CN(C)c1ncc(CN=C(N)NC2CC2)n1C. The smallest absolute Gasteiger partial charge is 0.204 e. The van der Waals surface area contributed by atoms with E-state index in [1.54, 1.807) is 0 Å². The van der Waals surface area contributed by atoms with Crippen molar-refractivity contribution in [1.82, 2.24) is 14.9 Å². The largest absolute Gasteiger partial charge is 0.370 e. The molecule has 1 heterocycles. The number of hydrogen-bond acceptors (Lipinski definition) is 3. The highest BCUT2D eigenvalue weighted by atomic mass is 15.3. The van der Waals surface area contributed by atoms with Crippen LogP contribution in [-0.2, 0) is 13.6 Å². The number of nitrogens with zero attached hydrogens (tertiary/aromatic N) is 4. The lowest BCUT2D eigenvalue weighted by Gasteiger charge is -2.12. The molecule has 0 atom stereocenters. The highest BCUT2D eigenvalue weighted by molar-refractivity contribution is 5.78. The van der Waals surface area contributed by atoms with E-state index in [-0.39, 0.29) is 0 Å². The third-order valence-corrected chi connectivity index (χ3v) is 2.80. The molecule has 0 saturated heterocycles. The molecule has 0 aromatic carbocycles. The topological polar surface area (TPSA) is 71.5 Å². The van der Waals surface area contributed by atoms with Gasteiger partial charge in [0.15, 0.2) is 5.96 Å². The van der Waals surface area contributed by atoms with Gasteiger partial charge in [0.25, 0.3) is 0 Å². The molecule has 0 unspecified atom stereocenters. The number of hydrogen-bond donors (Lipinski definition) is 2. The van der Waals surface area contributed by atoms with Crippen LogP contribution in [0.1, 0.15) is 18.5 Å². The summed E-state index contributed by atoms with van der Waals surface area (Å²) in [6.45, 7) is 0.558. The molecule has 1 aliphatic carbocycles. The van der Waals surface area contributed by atoms with E-state index in [9.17, 15) is 0 Å². The maximum Gasteiger partial charge on any atom is 0.204 e. The Balaban J connectivity index is 1.98. The lowest BCUT2D eigenvalue weighted by Crippen LogP contribution is -2.33. The number of nitrogens with one attached hydrogen (secondary N) is 1. The lowest BCUT2D eigenvalue weighted by molar-refractivity contribution is 0.794. The Labute approximate surface area is 102 Å². The Hall–Kier alpha value is -1.72. The maximum absolute atomic E-state index is 5.78. The summed E-state index contributed by atoms with van der Waals surface area (Å²) in [5.74, 6) is 1.45. The Bertz CT molecular complexity index is 416. The van der Waals surface area contributed by atoms with Crippen LogP contribution >= 0.6 is 0 Å². The first-order chi connectivity index (χ1) is 8.08. The summed E-state index contributed by atoms with van der Waals surface area (Å²) < 4.78 is 2.02. The molecule has 0 aliphatic heterocycles. The van der Waals surface area contributed by atoms with Gasteiger partial charge in [-0.2, -0.15) is 0 Å². The van der Waals surface area contributed by atoms with Gasteiger partial charge in [-0.15, -0.1) is 0 Å². The van der Waals surface area contributed by atoms with Gasteiger partial charge < -0.3 is 20.5 Å². The first-order valence-corrected chi connectivity index (χ1v) is 5.82. The Kier molecular flexibility index (Phi) is 3.21. The molecule has 1 aromatic heterocycles. The number of nitrogens with two attached hydrogens (primary N) is 1. The molecule has 6 nitrogen and oxygen atoms in total. The van der Waals surface area contributed by atoms with Crippen LogP contribution in [0.15, 0.2) is 11.2 Å². The summed E-state index contributed by atoms with van der Waals surface area (Å²) in [7, 11) is 5.93. The fraction of sp³-hybridized carbons (Fsp3) is 0.636. The zero-order chi connectivity index (χ0) is 12.4. The normalized spacial score (nSPS) is 16.1. The zero-order valence-corrected chi connectivity index (χ0v) is 10.6. The van der Waals surface area contributed by atoms with Gasteiger partial charge >= 0.3 is 0 Å². The molecule has 0 bridgehead atoms. The van der Waals surface area contributed by atoms with Gasteiger partial charge in [-0.3, -0.25) is 0 Å². The van der Waals surface area contributed by atoms with Crippen molar-refractivity contribution in [2.24, 2.45) is 17.8 Å². The summed E-state index contributed by atoms with van der Waals surface area (Å²) in [6.07, 6.45) is 4.24. The van der Waals surface area contributed by atoms with Crippen LogP contribution < -0.4 is 16.0 Å². The highest BCUT2D eigenvalue weighted by Crippen LogP contribution is 2.18. The molecule has 3 N–H and O–H groups in total. The minimum Gasteiger partial charge on any atom is -0.370 e. The van der Waals surface area contributed by atoms with Crippen molar-refractivity contribution >= 4 is 11.9 Å². The van der Waals surface area contributed by atoms with Gasteiger partial charge in [0.05, 0.1) is 18.4 Å². The molecule has 6 heteroatoms. The molecule has 0 radical (unpaired) electrons. The molecule has 1 aliphatic rings. The molecular weight excluding hydrogens is 216 g/mol. The maximum atomic E-state index is 5.78. The van der Waals surface area contributed by atoms with E-state index in [2.05, 4.69) is 15.3 Å². The number of anilines is 1. The molecule has 0 spiro atoms. The predicted octanol–water partition coefficient (Wildman–Crippen LogP) is 0.0528. The highest BCUT2D eigenvalue weighted by Gasteiger charge is 2.21. The van der Waals surface area contributed by atoms with E-state index in [0.717, 1.165) is 11.6 Å². The van der Waals surface area contributed by atoms with Crippen molar-refractivity contribution in [3.05, 3.63) is 11.9 Å². The van der Waals surface area contributed by atoms with Crippen LogP contribution in [0.25, 0.3) is 0 Å². The predicted molar refractivity (Wildman–Crippen MR) is 69.0 cm³/mol. The Morgan fingerprint density at radius 1 is 1.65 bits per heavy atom. The van der Waals surface area contributed by atoms with Crippen molar-refractivity contribution in [2.75, 3.05) is 19.0 Å². The zero-order valence-electron chi connectivity index (χ0n) is 10.6. The first kappa shape index (κ1) is 11.8. The van der Waals surface area contributed by atoms with E-state index < -0.39 is 0 Å². The molecule has 2 rings (SSSR count). The molecule has 17 heavy (non-hydrogen) atoms. The first-order valence-electron chi connectivity index (χ1n) is 5.82. The summed E-state index contributed by atoms with van der Waals surface area (Å²) in [6, 6.07) is 0.544. The van der Waals surface area contributed by atoms with E-state index in [4.69, 9.17) is 5.73 Å². The van der Waals surface area contributed by atoms with Crippen LogP contribution in [0.4, 0.5) is 5.95 Å². The second-order valence-electron chi connectivity index (χ2n) is 4.62. The average molecular weight is 236 g/mol. The van der Waals surface area contributed by atoms with Crippen LogP contribution in [0.2, 0.25) is 0 Å². The number of rotatable bonds is 4. The Morgan fingerprint density at radius 2 is 2.35 bits per heavy atom. The molecule has 1 fully saturated rings. The van der Waals surface area contributed by atoms with Crippen LogP contribution in [0.5, 0.6) is 0 Å². The summed E-state index contributed by atoms with van der Waals surface area (Å²) in [5.41, 5.74) is 6.83. The van der Waals surface area contributed by atoms with E-state index in [1.807, 2.05) is 36.8 Å². The molecular formula is C11H20N6. The van der Waals surface area contributed by atoms with Crippen molar-refractivity contribution in [3.63, 3.8) is 0 Å². The monoisotopic (exact) mass is 236 g/mol. The Morgan fingerprint density at radius 3 is 2.88 bits per heavy atom. The van der Waals surface area contributed by atoms with Gasteiger partial charge in [0, 0.05) is 27.2 Å². The fourth-order valence-electron chi connectivity index (χ4n) is 1.64. The molecule has 1 saturated carbocycles. The number of guanidine groups is 1. The van der Waals surface area contributed by atoms with Crippen LogP contribution in [-0.4, -0.2) is 35.6 Å². The lowest BCUT2D eigenvalue weighted by atomic mass is 10.5. The molecule has 0 amide bonds. The van der Waals surface area contributed by atoms with Crippen LogP contribution in [0.3, 0.4) is 0 Å². The third kappa shape index (κ3) is 2.89. The standard InChI is InChI=1S/C11H20N6/c1-16(2)11-14-7-9(17(11)3)6-13-10(12)15-8-4-5-8/h7-8H,4-6H2,1-3H3,(H3,12,13,15). The number of aromatic nitrogens is 2. The van der Waals surface area contributed by atoms with E-state index in [1.165, 1.54) is 12.8 Å². The average Bonchev–Trinajstić information content (AvgIpc) is 2.98. The summed E-state index contributed by atoms with van der Waals surface area (Å²) in [4.78, 5) is 10.6. The second-order valence-corrected chi connectivity index (χ2v) is 4.62. The quantitative estimate of drug-likeness (QED) is 0.572. The van der Waals surface area contributed by atoms with Crippen molar-refractivity contribution < 1.29 is 0 Å². The van der Waals surface area contributed by atoms with Crippen LogP contribution in [0, 0.1) is 0 Å². The van der Waals surface area contributed by atoms with Gasteiger partial charge in [0.2, 0.25) is 5.95 Å². The van der Waals surface area contributed by atoms with Gasteiger partial charge in [-0.05, 0) is 12.8 Å². The van der Waals surface area contributed by atoms with Crippen molar-refractivity contribution in [2.45, 2.75) is 25.4 Å². The van der Waals surface area contributed by atoms with E-state index in [0.29, 0.717) is 18.5 Å². The minimum absolute atomic E-state index is 0.528. The minimum atomic E-state index is 0.528. The van der Waals surface area contributed by atoms with Gasteiger partial charge in [-0.25, -0.2) is 9.98 Å². The van der Waals surface area contributed by atoms with Gasteiger partial charge in [0.1, 0.15) is 0 Å². The second kappa shape index (κ2) is 4.65. The third-order valence-electron chi connectivity index (χ3n) is 2.80. The molecule has 1 aromatic rings. The number of aliphatic imine (C=N–C) groups is 1. The summed E-state index contributed by atoms with van der Waals surface area (Å²) >= 11 is 0. The van der Waals surface area contributed by atoms with Crippen molar-refractivity contribution in [3.8, 4) is 0 Å². The van der Waals surface area contributed by atoms with Crippen molar-refractivity contribution in [1.29, 1.82) is 0 Å².